The number of benzene rings is 1. The number of rotatable bonds is 4. The molecule has 21 heavy (non-hydrogen) atoms. The van der Waals surface area contributed by atoms with Gasteiger partial charge >= 0.3 is 6.18 Å². The van der Waals surface area contributed by atoms with Crippen molar-refractivity contribution in [3.8, 4) is 0 Å². The fraction of sp³-hybridized carbons (Fsp3) is 0.500. The summed E-state index contributed by atoms with van der Waals surface area (Å²) in [4.78, 5) is 13.2. The molecule has 1 N–H and O–H groups in total. The number of nitrogens with one attached hydrogen (secondary N) is 1. The molecule has 2 rings (SSSR count). The summed E-state index contributed by atoms with van der Waals surface area (Å²) in [7, 11) is 0. The first kappa shape index (κ1) is 15.8. The minimum absolute atomic E-state index is 0.0676. The van der Waals surface area contributed by atoms with E-state index in [1.165, 1.54) is 12.1 Å². The third kappa shape index (κ3) is 5.00. The molecule has 0 bridgehead atoms. The van der Waals surface area contributed by atoms with Crippen LogP contribution < -0.4 is 5.32 Å². The number of halogens is 4. The van der Waals surface area contributed by atoms with Crippen LogP contribution in [0.25, 0.3) is 0 Å². The lowest BCUT2D eigenvalue weighted by Crippen LogP contribution is -2.40. The monoisotopic (exact) mass is 304 g/mol. The largest absolute Gasteiger partial charge is 0.405 e. The molecule has 116 valence electrons. The maximum atomic E-state index is 13.2. The molecular weight excluding hydrogens is 288 g/mol. The first-order valence-corrected chi connectivity index (χ1v) is 6.65. The predicted molar refractivity (Wildman–Crippen MR) is 69.3 cm³/mol. The van der Waals surface area contributed by atoms with Crippen molar-refractivity contribution in [2.75, 3.05) is 26.2 Å². The number of amides is 1. The highest BCUT2D eigenvalue weighted by atomic mass is 19.4. The van der Waals surface area contributed by atoms with Crippen molar-refractivity contribution in [1.82, 2.24) is 10.2 Å². The van der Waals surface area contributed by atoms with Gasteiger partial charge in [0, 0.05) is 6.54 Å². The van der Waals surface area contributed by atoms with E-state index in [-0.39, 0.29) is 18.3 Å². The Kier molecular flexibility index (Phi) is 4.82. The van der Waals surface area contributed by atoms with E-state index in [0.717, 1.165) is 12.0 Å². The summed E-state index contributed by atoms with van der Waals surface area (Å²) in [6.07, 6.45) is -3.64. The van der Waals surface area contributed by atoms with Gasteiger partial charge in [-0.25, -0.2) is 4.39 Å². The van der Waals surface area contributed by atoms with Crippen LogP contribution in [0.5, 0.6) is 0 Å². The van der Waals surface area contributed by atoms with Crippen LogP contribution in [0.4, 0.5) is 17.6 Å². The molecule has 1 aliphatic rings. The van der Waals surface area contributed by atoms with E-state index in [2.05, 4.69) is 0 Å². The van der Waals surface area contributed by atoms with Gasteiger partial charge in [0.1, 0.15) is 12.4 Å². The van der Waals surface area contributed by atoms with Crippen molar-refractivity contribution in [2.24, 2.45) is 0 Å². The first-order chi connectivity index (χ1) is 9.83. The van der Waals surface area contributed by atoms with Crippen LogP contribution in [0.1, 0.15) is 17.9 Å². The highest BCUT2D eigenvalue weighted by Gasteiger charge is 2.29. The van der Waals surface area contributed by atoms with E-state index in [9.17, 15) is 22.4 Å². The summed E-state index contributed by atoms with van der Waals surface area (Å²) in [5.74, 6) is -0.850. The Morgan fingerprint density at radius 3 is 2.81 bits per heavy atom. The van der Waals surface area contributed by atoms with E-state index in [1.54, 1.807) is 11.0 Å². The number of hydrogen-bond donors (Lipinski definition) is 1. The fourth-order valence-corrected chi connectivity index (χ4v) is 2.47. The van der Waals surface area contributed by atoms with Gasteiger partial charge in [0.05, 0.1) is 6.54 Å². The summed E-state index contributed by atoms with van der Waals surface area (Å²) in [6.45, 7) is -0.224. The number of carbonyl (C=O) groups is 1. The Hall–Kier alpha value is -1.63. The van der Waals surface area contributed by atoms with Gasteiger partial charge in [0.2, 0.25) is 5.91 Å². The predicted octanol–water partition coefficient (Wildman–Crippen LogP) is 2.29. The lowest BCUT2D eigenvalue weighted by Gasteiger charge is -2.16. The standard InChI is InChI=1S/C14H16F4N2O/c15-12-3-1-2-10(6-12)11-4-5-20(7-11)8-13(21)19-9-14(16,17)18/h1-3,6,11H,4-5,7-9H2,(H,19,21)/t11-/m0/s1. The molecular formula is C14H16F4N2O. The van der Waals surface area contributed by atoms with Crippen molar-refractivity contribution in [2.45, 2.75) is 18.5 Å². The maximum absolute atomic E-state index is 13.2. The Bertz CT molecular complexity index is 504. The second-order valence-corrected chi connectivity index (χ2v) is 5.17. The van der Waals surface area contributed by atoms with Gasteiger partial charge in [-0.05, 0) is 36.6 Å². The van der Waals surface area contributed by atoms with Gasteiger partial charge in [-0.15, -0.1) is 0 Å². The minimum atomic E-state index is -4.40. The Labute approximate surface area is 119 Å². The van der Waals surface area contributed by atoms with Crippen molar-refractivity contribution in [1.29, 1.82) is 0 Å². The van der Waals surface area contributed by atoms with Crippen LogP contribution in [0.15, 0.2) is 24.3 Å². The topological polar surface area (TPSA) is 32.3 Å². The molecule has 0 spiro atoms. The van der Waals surface area contributed by atoms with Crippen LogP contribution >= 0.6 is 0 Å². The molecule has 1 amide bonds. The second-order valence-electron chi connectivity index (χ2n) is 5.17. The van der Waals surface area contributed by atoms with Crippen molar-refractivity contribution in [3.05, 3.63) is 35.6 Å². The zero-order valence-electron chi connectivity index (χ0n) is 11.3. The van der Waals surface area contributed by atoms with Crippen LogP contribution in [0.3, 0.4) is 0 Å². The summed E-state index contributed by atoms with van der Waals surface area (Å²) >= 11 is 0. The molecule has 1 aromatic carbocycles. The molecule has 1 heterocycles. The number of carbonyl (C=O) groups excluding carboxylic acids is 1. The third-order valence-corrected chi connectivity index (χ3v) is 3.45. The Balaban J connectivity index is 1.81. The van der Waals surface area contributed by atoms with E-state index >= 15 is 0 Å². The lowest BCUT2D eigenvalue weighted by molar-refractivity contribution is -0.138. The smallest absolute Gasteiger partial charge is 0.346 e. The van der Waals surface area contributed by atoms with Gasteiger partial charge in [-0.1, -0.05) is 12.1 Å². The van der Waals surface area contributed by atoms with Gasteiger partial charge < -0.3 is 5.32 Å². The molecule has 1 saturated heterocycles. The SMILES string of the molecule is O=C(CN1CC[C@H](c2cccc(F)c2)C1)NCC(F)(F)F. The van der Waals surface area contributed by atoms with Crippen LogP contribution in [-0.2, 0) is 4.79 Å². The van der Waals surface area contributed by atoms with Crippen LogP contribution in [-0.4, -0.2) is 43.2 Å². The number of hydrogen-bond acceptors (Lipinski definition) is 2. The Morgan fingerprint density at radius 2 is 2.14 bits per heavy atom. The molecule has 0 aliphatic carbocycles. The molecule has 0 radical (unpaired) electrons. The zero-order chi connectivity index (χ0) is 15.5. The first-order valence-electron chi connectivity index (χ1n) is 6.65. The fourth-order valence-electron chi connectivity index (χ4n) is 2.47. The maximum Gasteiger partial charge on any atom is 0.405 e. The van der Waals surface area contributed by atoms with E-state index < -0.39 is 18.6 Å². The van der Waals surface area contributed by atoms with Crippen LogP contribution in [0.2, 0.25) is 0 Å². The van der Waals surface area contributed by atoms with Gasteiger partial charge in [0.25, 0.3) is 0 Å². The number of nitrogens with zero attached hydrogens (tertiary/aromatic N) is 1. The molecule has 1 aliphatic heterocycles. The molecule has 1 aromatic rings. The number of likely N-dealkylation sites (tertiary alicyclic amines) is 1. The number of alkyl halides is 3. The van der Waals surface area contributed by atoms with Crippen molar-refractivity contribution in [3.63, 3.8) is 0 Å². The lowest BCUT2D eigenvalue weighted by atomic mass is 9.98. The van der Waals surface area contributed by atoms with Crippen LogP contribution in [0, 0.1) is 5.82 Å². The van der Waals surface area contributed by atoms with E-state index in [4.69, 9.17) is 0 Å². The third-order valence-electron chi connectivity index (χ3n) is 3.45. The van der Waals surface area contributed by atoms with Gasteiger partial charge in [0.15, 0.2) is 0 Å². The van der Waals surface area contributed by atoms with Crippen molar-refractivity contribution < 1.29 is 22.4 Å². The molecule has 1 fully saturated rings. The molecule has 3 nitrogen and oxygen atoms in total. The molecule has 0 saturated carbocycles. The molecule has 0 aromatic heterocycles. The summed E-state index contributed by atoms with van der Waals surface area (Å²) in [5, 5.41) is 1.85. The average molecular weight is 304 g/mol. The average Bonchev–Trinajstić information content (AvgIpc) is 2.84. The minimum Gasteiger partial charge on any atom is -0.346 e. The highest BCUT2D eigenvalue weighted by Crippen LogP contribution is 2.27. The van der Waals surface area contributed by atoms with Crippen molar-refractivity contribution >= 4 is 5.91 Å². The van der Waals surface area contributed by atoms with E-state index in [0.29, 0.717) is 13.1 Å². The normalized spacial score (nSPS) is 19.7. The summed E-state index contributed by atoms with van der Waals surface area (Å²) in [5.41, 5.74) is 0.855. The van der Waals surface area contributed by atoms with Gasteiger partial charge in [-0.3, -0.25) is 9.69 Å². The summed E-state index contributed by atoms with van der Waals surface area (Å²) in [6, 6.07) is 6.27. The zero-order valence-corrected chi connectivity index (χ0v) is 11.3. The molecule has 7 heteroatoms. The highest BCUT2D eigenvalue weighted by molar-refractivity contribution is 5.78. The molecule has 0 unspecified atom stereocenters. The quantitative estimate of drug-likeness (QED) is 0.866. The molecule has 1 atom stereocenters. The second kappa shape index (κ2) is 6.43. The van der Waals surface area contributed by atoms with E-state index in [1.807, 2.05) is 11.4 Å². The van der Waals surface area contributed by atoms with Gasteiger partial charge in [-0.2, -0.15) is 13.2 Å². The Morgan fingerprint density at radius 1 is 1.38 bits per heavy atom. The summed E-state index contributed by atoms with van der Waals surface area (Å²) < 4.78 is 49.1.